The van der Waals surface area contributed by atoms with Gasteiger partial charge in [0.05, 0.1) is 34.8 Å². The maximum absolute atomic E-state index is 4.56. The Morgan fingerprint density at radius 2 is 1.90 bits per heavy atom. The molecule has 5 aromatic rings. The van der Waals surface area contributed by atoms with Crippen LogP contribution < -0.4 is 5.32 Å². The zero-order chi connectivity index (χ0) is 21.4. The Morgan fingerprint density at radius 3 is 2.74 bits per heavy atom. The van der Waals surface area contributed by atoms with Crippen molar-refractivity contribution >= 4 is 27.5 Å². The van der Waals surface area contributed by atoms with Crippen molar-refractivity contribution in [2.45, 2.75) is 20.3 Å². The van der Waals surface area contributed by atoms with E-state index in [9.17, 15) is 0 Å². The molecular weight excluding hydrogens is 384 g/mol. The van der Waals surface area contributed by atoms with Crippen LogP contribution in [-0.4, -0.2) is 25.1 Å². The molecule has 6 nitrogen and oxygen atoms in total. The number of nitrogens with zero attached hydrogens (tertiary/aromatic N) is 3. The molecule has 0 aliphatic rings. The van der Waals surface area contributed by atoms with Crippen molar-refractivity contribution in [3.63, 3.8) is 0 Å². The molecule has 0 unspecified atom stereocenters. The molecule has 0 bridgehead atoms. The highest BCUT2D eigenvalue weighted by Gasteiger charge is 2.12. The van der Waals surface area contributed by atoms with Crippen LogP contribution in [0.2, 0.25) is 0 Å². The number of pyridine rings is 2. The van der Waals surface area contributed by atoms with Gasteiger partial charge in [0, 0.05) is 34.4 Å². The summed E-state index contributed by atoms with van der Waals surface area (Å²) in [4.78, 5) is 12.0. The summed E-state index contributed by atoms with van der Waals surface area (Å²) in [5.41, 5.74) is 7.90. The van der Waals surface area contributed by atoms with Crippen LogP contribution in [0.3, 0.4) is 0 Å². The minimum Gasteiger partial charge on any atom is -0.358 e. The number of allylic oxidation sites excluding steroid dienone is 1. The summed E-state index contributed by atoms with van der Waals surface area (Å²) in [6.07, 6.45) is 8.26. The van der Waals surface area contributed by atoms with Gasteiger partial charge in [-0.05, 0) is 48.2 Å². The van der Waals surface area contributed by atoms with E-state index in [1.807, 2.05) is 24.7 Å². The molecule has 0 atom stereocenters. The lowest BCUT2D eigenvalue weighted by atomic mass is 10.0. The predicted octanol–water partition coefficient (Wildman–Crippen LogP) is 6.14. The molecule has 5 rings (SSSR count). The van der Waals surface area contributed by atoms with Crippen molar-refractivity contribution in [3.8, 4) is 22.5 Å². The Kier molecular flexibility index (Phi) is 4.75. The van der Waals surface area contributed by atoms with Gasteiger partial charge in [-0.2, -0.15) is 5.10 Å². The van der Waals surface area contributed by atoms with E-state index in [0.29, 0.717) is 5.92 Å². The van der Waals surface area contributed by atoms with E-state index >= 15 is 0 Å². The second-order valence-corrected chi connectivity index (χ2v) is 8.27. The first-order valence-electron chi connectivity index (χ1n) is 10.4. The fourth-order valence-corrected chi connectivity index (χ4v) is 3.91. The molecule has 0 fully saturated rings. The van der Waals surface area contributed by atoms with Crippen LogP contribution in [-0.2, 0) is 0 Å². The van der Waals surface area contributed by atoms with E-state index in [1.54, 1.807) is 6.20 Å². The van der Waals surface area contributed by atoms with E-state index < -0.39 is 0 Å². The van der Waals surface area contributed by atoms with Crippen molar-refractivity contribution < 1.29 is 0 Å². The summed E-state index contributed by atoms with van der Waals surface area (Å²) in [5, 5.41) is 13.3. The summed E-state index contributed by atoms with van der Waals surface area (Å²) in [6, 6.07) is 12.5. The number of nitrogens with one attached hydrogen (secondary N) is 3. The summed E-state index contributed by atoms with van der Waals surface area (Å²) in [5.74, 6) is 0.554. The number of benzene rings is 1. The van der Waals surface area contributed by atoms with Crippen LogP contribution in [0.4, 0.5) is 5.69 Å². The molecule has 0 radical (unpaired) electrons. The van der Waals surface area contributed by atoms with Crippen LogP contribution in [0.1, 0.15) is 20.3 Å². The first-order valence-corrected chi connectivity index (χ1v) is 10.4. The Balaban J connectivity index is 1.51. The number of hydrogen-bond acceptors (Lipinski definition) is 4. The maximum Gasteiger partial charge on any atom is 0.116 e. The molecule has 0 aliphatic carbocycles. The van der Waals surface area contributed by atoms with E-state index in [-0.39, 0.29) is 0 Å². The lowest BCUT2D eigenvalue weighted by molar-refractivity contribution is 0.645. The van der Waals surface area contributed by atoms with Gasteiger partial charge in [-0.3, -0.25) is 15.1 Å². The van der Waals surface area contributed by atoms with Crippen LogP contribution in [0.5, 0.6) is 0 Å². The summed E-state index contributed by atoms with van der Waals surface area (Å²) < 4.78 is 0. The molecule has 4 aromatic heterocycles. The SMILES string of the molecule is C=C(CC(C)C)Nc1cncc(-c2ccc3[nH]nc(-c4cc5ccncc5[nH]4)c3c2)c1. The van der Waals surface area contributed by atoms with Crippen LogP contribution in [0.25, 0.3) is 44.3 Å². The average molecular weight is 409 g/mol. The fourth-order valence-electron chi connectivity index (χ4n) is 3.91. The van der Waals surface area contributed by atoms with Crippen molar-refractivity contribution in [3.05, 3.63) is 73.5 Å². The van der Waals surface area contributed by atoms with E-state index in [0.717, 1.165) is 62.1 Å². The van der Waals surface area contributed by atoms with Crippen molar-refractivity contribution in [2.24, 2.45) is 5.92 Å². The standard InChI is InChI=1S/C25H24N6/c1-15(2)8-16(3)28-20-9-19(12-27-13-20)17-4-5-22-21(10-17)25(31-30-22)23-11-18-6-7-26-14-24(18)29-23/h4-7,9-15,28-29H,3,8H2,1-2H3,(H,30,31). The third kappa shape index (κ3) is 3.80. The van der Waals surface area contributed by atoms with Crippen LogP contribution >= 0.6 is 0 Å². The van der Waals surface area contributed by atoms with Gasteiger partial charge in [0.1, 0.15) is 5.69 Å². The van der Waals surface area contributed by atoms with Gasteiger partial charge in [-0.15, -0.1) is 0 Å². The van der Waals surface area contributed by atoms with Crippen LogP contribution in [0.15, 0.2) is 73.5 Å². The maximum atomic E-state index is 4.56. The highest BCUT2D eigenvalue weighted by molar-refractivity contribution is 5.97. The first kappa shape index (κ1) is 19.1. The monoisotopic (exact) mass is 408 g/mol. The normalized spacial score (nSPS) is 11.5. The fraction of sp³-hybridized carbons (Fsp3) is 0.160. The Bertz CT molecular complexity index is 1360. The predicted molar refractivity (Wildman–Crippen MR) is 127 cm³/mol. The molecule has 3 N–H and O–H groups in total. The van der Waals surface area contributed by atoms with E-state index in [1.165, 1.54) is 0 Å². The summed E-state index contributed by atoms with van der Waals surface area (Å²) in [7, 11) is 0. The summed E-state index contributed by atoms with van der Waals surface area (Å²) >= 11 is 0. The molecule has 31 heavy (non-hydrogen) atoms. The number of fused-ring (bicyclic) bond motifs is 2. The van der Waals surface area contributed by atoms with Gasteiger partial charge in [-0.25, -0.2) is 0 Å². The highest BCUT2D eigenvalue weighted by Crippen LogP contribution is 2.32. The second kappa shape index (κ2) is 7.72. The molecule has 0 amide bonds. The molecule has 0 spiro atoms. The lowest BCUT2D eigenvalue weighted by Crippen LogP contribution is -2.02. The average Bonchev–Trinajstić information content (AvgIpc) is 3.36. The zero-order valence-corrected chi connectivity index (χ0v) is 17.6. The van der Waals surface area contributed by atoms with Gasteiger partial charge in [0.2, 0.25) is 0 Å². The third-order valence-electron chi connectivity index (χ3n) is 5.29. The lowest BCUT2D eigenvalue weighted by Gasteiger charge is -2.12. The van der Waals surface area contributed by atoms with Crippen LogP contribution in [0, 0.1) is 5.92 Å². The van der Waals surface area contributed by atoms with Crippen molar-refractivity contribution in [1.29, 1.82) is 0 Å². The molecule has 0 saturated carbocycles. The Labute approximate surface area is 180 Å². The quantitative estimate of drug-likeness (QED) is 0.315. The number of aromatic nitrogens is 5. The van der Waals surface area contributed by atoms with Gasteiger partial charge in [-0.1, -0.05) is 26.5 Å². The first-order chi connectivity index (χ1) is 15.1. The molecule has 0 saturated heterocycles. The molecule has 0 aliphatic heterocycles. The largest absolute Gasteiger partial charge is 0.358 e. The van der Waals surface area contributed by atoms with Gasteiger partial charge in [0.25, 0.3) is 0 Å². The second-order valence-electron chi connectivity index (χ2n) is 8.27. The number of rotatable bonds is 6. The Hall–Kier alpha value is -3.93. The molecule has 1 aromatic carbocycles. The minimum absolute atomic E-state index is 0.554. The third-order valence-corrected chi connectivity index (χ3v) is 5.29. The molecule has 4 heterocycles. The zero-order valence-electron chi connectivity index (χ0n) is 17.6. The van der Waals surface area contributed by atoms with E-state index in [4.69, 9.17) is 0 Å². The summed E-state index contributed by atoms with van der Waals surface area (Å²) in [6.45, 7) is 8.50. The smallest absolute Gasteiger partial charge is 0.116 e. The number of H-pyrrole nitrogens is 2. The van der Waals surface area contributed by atoms with Gasteiger partial charge < -0.3 is 10.3 Å². The number of hydrogen-bond donors (Lipinski definition) is 3. The highest BCUT2D eigenvalue weighted by atomic mass is 15.1. The molecular formula is C25H24N6. The van der Waals surface area contributed by atoms with Crippen molar-refractivity contribution in [1.82, 2.24) is 25.1 Å². The molecule has 154 valence electrons. The topological polar surface area (TPSA) is 82.3 Å². The van der Waals surface area contributed by atoms with E-state index in [2.05, 4.69) is 81.2 Å². The minimum atomic E-state index is 0.554. The van der Waals surface area contributed by atoms with Gasteiger partial charge >= 0.3 is 0 Å². The van der Waals surface area contributed by atoms with Crippen molar-refractivity contribution in [2.75, 3.05) is 5.32 Å². The number of anilines is 1. The van der Waals surface area contributed by atoms with Gasteiger partial charge in [0.15, 0.2) is 0 Å². The number of aromatic amines is 2. The molecule has 6 heteroatoms. The Morgan fingerprint density at radius 1 is 1.00 bits per heavy atom.